The molecule has 0 amide bonds. The normalized spacial score (nSPS) is 17.1. The molecule has 0 radical (unpaired) electrons. The van der Waals surface area contributed by atoms with Gasteiger partial charge in [-0.25, -0.2) is 4.99 Å². The number of nitrogens with one attached hydrogen (secondary N) is 1. The van der Waals surface area contributed by atoms with Crippen molar-refractivity contribution in [2.24, 2.45) is 10.7 Å². The van der Waals surface area contributed by atoms with Crippen molar-refractivity contribution in [2.45, 2.75) is 25.4 Å². The van der Waals surface area contributed by atoms with E-state index in [2.05, 4.69) is 45.5 Å². The Balaban J connectivity index is 1.48. The van der Waals surface area contributed by atoms with E-state index in [1.54, 1.807) is 0 Å². The second-order valence-corrected chi connectivity index (χ2v) is 6.00. The van der Waals surface area contributed by atoms with E-state index in [9.17, 15) is 0 Å². The van der Waals surface area contributed by atoms with Crippen molar-refractivity contribution in [3.8, 4) is 0 Å². The SMILES string of the molecule is NC(=NC1CCN(Cc2ccccc2)CC1)Nc1ccccc1. The highest BCUT2D eigenvalue weighted by Gasteiger charge is 2.18. The maximum Gasteiger partial charge on any atom is 0.193 e. The molecule has 1 aliphatic heterocycles. The van der Waals surface area contributed by atoms with Crippen LogP contribution in [0.5, 0.6) is 0 Å². The highest BCUT2D eigenvalue weighted by molar-refractivity contribution is 5.92. The minimum absolute atomic E-state index is 0.318. The van der Waals surface area contributed by atoms with Gasteiger partial charge in [0, 0.05) is 25.3 Å². The van der Waals surface area contributed by atoms with Gasteiger partial charge in [-0.1, -0.05) is 48.5 Å². The number of guanidine groups is 1. The van der Waals surface area contributed by atoms with Gasteiger partial charge in [-0.05, 0) is 30.5 Å². The molecule has 2 aromatic rings. The molecule has 2 aromatic carbocycles. The van der Waals surface area contributed by atoms with Crippen LogP contribution in [0, 0.1) is 0 Å². The molecule has 1 saturated heterocycles. The molecule has 0 atom stereocenters. The Labute approximate surface area is 138 Å². The highest BCUT2D eigenvalue weighted by Crippen LogP contribution is 2.16. The first kappa shape index (κ1) is 15.6. The largest absolute Gasteiger partial charge is 0.370 e. The van der Waals surface area contributed by atoms with Crippen molar-refractivity contribution in [1.82, 2.24) is 4.90 Å². The molecule has 120 valence electrons. The second-order valence-electron chi connectivity index (χ2n) is 6.00. The van der Waals surface area contributed by atoms with Crippen molar-refractivity contribution in [3.63, 3.8) is 0 Å². The average Bonchev–Trinajstić information content (AvgIpc) is 2.58. The number of para-hydroxylation sites is 1. The monoisotopic (exact) mass is 308 g/mol. The summed E-state index contributed by atoms with van der Waals surface area (Å²) in [5, 5.41) is 3.15. The fourth-order valence-electron chi connectivity index (χ4n) is 2.95. The van der Waals surface area contributed by atoms with Gasteiger partial charge in [-0.3, -0.25) is 4.90 Å². The molecule has 3 rings (SSSR count). The Hall–Kier alpha value is -2.33. The fraction of sp³-hybridized carbons (Fsp3) is 0.316. The van der Waals surface area contributed by atoms with E-state index in [4.69, 9.17) is 5.73 Å². The van der Waals surface area contributed by atoms with Crippen LogP contribution in [0.1, 0.15) is 18.4 Å². The summed E-state index contributed by atoms with van der Waals surface area (Å²) in [6.07, 6.45) is 2.12. The standard InChI is InChI=1S/C19H24N4/c20-19(21-17-9-5-2-6-10-17)22-18-11-13-23(14-12-18)15-16-7-3-1-4-8-16/h1-10,18H,11-15H2,(H3,20,21,22). The first-order valence-electron chi connectivity index (χ1n) is 8.21. The number of aliphatic imine (C=N–C) groups is 1. The first-order valence-corrected chi connectivity index (χ1v) is 8.21. The quantitative estimate of drug-likeness (QED) is 0.674. The van der Waals surface area contributed by atoms with Crippen LogP contribution < -0.4 is 11.1 Å². The lowest BCUT2D eigenvalue weighted by atomic mass is 10.0. The number of piperidine rings is 1. The molecule has 3 N–H and O–H groups in total. The predicted octanol–water partition coefficient (Wildman–Crippen LogP) is 3.08. The number of hydrogen-bond acceptors (Lipinski definition) is 2. The highest BCUT2D eigenvalue weighted by atomic mass is 15.2. The van der Waals surface area contributed by atoms with Crippen LogP contribution in [0.15, 0.2) is 65.7 Å². The summed E-state index contributed by atoms with van der Waals surface area (Å²) >= 11 is 0. The Morgan fingerprint density at radius 3 is 2.26 bits per heavy atom. The molecule has 23 heavy (non-hydrogen) atoms. The zero-order chi connectivity index (χ0) is 15.9. The number of nitrogens with two attached hydrogens (primary N) is 1. The van der Waals surface area contributed by atoms with Gasteiger partial charge in [0.05, 0.1) is 6.04 Å². The maximum atomic E-state index is 6.02. The Morgan fingerprint density at radius 2 is 1.61 bits per heavy atom. The molecule has 0 saturated carbocycles. The lowest BCUT2D eigenvalue weighted by molar-refractivity contribution is 0.206. The van der Waals surface area contributed by atoms with Crippen molar-refractivity contribution in [2.75, 3.05) is 18.4 Å². The Bertz CT molecular complexity index is 616. The minimum atomic E-state index is 0.318. The lowest BCUT2D eigenvalue weighted by Crippen LogP contribution is -2.36. The lowest BCUT2D eigenvalue weighted by Gasteiger charge is -2.30. The van der Waals surface area contributed by atoms with E-state index in [1.807, 2.05) is 30.3 Å². The molecule has 4 heteroatoms. The summed E-state index contributed by atoms with van der Waals surface area (Å²) in [6, 6.07) is 20.9. The van der Waals surface area contributed by atoms with E-state index < -0.39 is 0 Å². The summed E-state index contributed by atoms with van der Waals surface area (Å²) in [4.78, 5) is 7.12. The first-order chi connectivity index (χ1) is 11.3. The molecule has 0 bridgehead atoms. The number of nitrogens with zero attached hydrogens (tertiary/aromatic N) is 2. The van der Waals surface area contributed by atoms with Crippen LogP contribution in [0.3, 0.4) is 0 Å². The van der Waals surface area contributed by atoms with Gasteiger partial charge in [-0.2, -0.15) is 0 Å². The summed E-state index contributed by atoms with van der Waals surface area (Å²) < 4.78 is 0. The molecule has 0 aromatic heterocycles. The van der Waals surface area contributed by atoms with Crippen LogP contribution in [0.25, 0.3) is 0 Å². The number of hydrogen-bond donors (Lipinski definition) is 2. The van der Waals surface area contributed by atoms with E-state index in [-0.39, 0.29) is 0 Å². The van der Waals surface area contributed by atoms with E-state index in [0.717, 1.165) is 38.2 Å². The molecule has 4 nitrogen and oxygen atoms in total. The Morgan fingerprint density at radius 1 is 1.00 bits per heavy atom. The molecule has 0 aliphatic carbocycles. The van der Waals surface area contributed by atoms with Crippen LogP contribution in [-0.2, 0) is 6.54 Å². The third-order valence-corrected chi connectivity index (χ3v) is 4.17. The molecule has 1 fully saturated rings. The number of rotatable bonds is 4. The molecule has 0 unspecified atom stereocenters. The van der Waals surface area contributed by atoms with Crippen LogP contribution in [-0.4, -0.2) is 30.0 Å². The van der Waals surface area contributed by atoms with Gasteiger partial charge in [0.1, 0.15) is 0 Å². The van der Waals surface area contributed by atoms with Crippen molar-refractivity contribution in [1.29, 1.82) is 0 Å². The summed E-state index contributed by atoms with van der Waals surface area (Å²) in [7, 11) is 0. The average molecular weight is 308 g/mol. The number of anilines is 1. The van der Waals surface area contributed by atoms with E-state index in [1.165, 1.54) is 5.56 Å². The summed E-state index contributed by atoms with van der Waals surface area (Å²) in [5.41, 5.74) is 8.38. The predicted molar refractivity (Wildman–Crippen MR) is 96.4 cm³/mol. The molecular weight excluding hydrogens is 284 g/mol. The maximum absolute atomic E-state index is 6.02. The summed E-state index contributed by atoms with van der Waals surface area (Å²) in [6.45, 7) is 3.17. The smallest absolute Gasteiger partial charge is 0.193 e. The van der Waals surface area contributed by atoms with Gasteiger partial charge in [0.2, 0.25) is 0 Å². The second kappa shape index (κ2) is 7.79. The van der Waals surface area contributed by atoms with Crippen molar-refractivity contribution < 1.29 is 0 Å². The van der Waals surface area contributed by atoms with Gasteiger partial charge < -0.3 is 11.1 Å². The summed E-state index contributed by atoms with van der Waals surface area (Å²) in [5.74, 6) is 0.512. The van der Waals surface area contributed by atoms with E-state index >= 15 is 0 Å². The zero-order valence-corrected chi connectivity index (χ0v) is 13.4. The van der Waals surface area contributed by atoms with Crippen LogP contribution in [0.4, 0.5) is 5.69 Å². The van der Waals surface area contributed by atoms with Crippen LogP contribution >= 0.6 is 0 Å². The van der Waals surface area contributed by atoms with Gasteiger partial charge in [0.25, 0.3) is 0 Å². The molecule has 1 aliphatic rings. The third kappa shape index (κ3) is 4.83. The topological polar surface area (TPSA) is 53.6 Å². The van der Waals surface area contributed by atoms with Gasteiger partial charge in [-0.15, -0.1) is 0 Å². The zero-order valence-electron chi connectivity index (χ0n) is 13.4. The van der Waals surface area contributed by atoms with E-state index in [0.29, 0.717) is 12.0 Å². The minimum Gasteiger partial charge on any atom is -0.370 e. The Kier molecular flexibility index (Phi) is 5.27. The third-order valence-electron chi connectivity index (χ3n) is 4.17. The number of benzene rings is 2. The van der Waals surface area contributed by atoms with Crippen molar-refractivity contribution >= 4 is 11.6 Å². The van der Waals surface area contributed by atoms with Gasteiger partial charge >= 0.3 is 0 Å². The molecule has 1 heterocycles. The molecular formula is C19H24N4. The fourth-order valence-corrected chi connectivity index (χ4v) is 2.95. The van der Waals surface area contributed by atoms with Crippen molar-refractivity contribution in [3.05, 3.63) is 66.2 Å². The molecule has 0 spiro atoms. The van der Waals surface area contributed by atoms with Gasteiger partial charge in [0.15, 0.2) is 5.96 Å². The van der Waals surface area contributed by atoms with Crippen LogP contribution in [0.2, 0.25) is 0 Å². The number of likely N-dealkylation sites (tertiary alicyclic amines) is 1.